The van der Waals surface area contributed by atoms with Gasteiger partial charge in [0.25, 0.3) is 0 Å². The molecule has 0 aliphatic heterocycles. The smallest absolute Gasteiger partial charge is 0.164 e. The summed E-state index contributed by atoms with van der Waals surface area (Å²) in [4.78, 5) is 0. The van der Waals surface area contributed by atoms with E-state index in [1.807, 2.05) is 0 Å². The van der Waals surface area contributed by atoms with Crippen LogP contribution in [0.4, 0.5) is 0 Å². The quantitative estimate of drug-likeness (QED) is 0.0248. The van der Waals surface area contributed by atoms with Gasteiger partial charge >= 0.3 is 0 Å². The summed E-state index contributed by atoms with van der Waals surface area (Å²) >= 11 is 0. The van der Waals surface area contributed by atoms with Crippen molar-refractivity contribution in [1.29, 1.82) is 0 Å². The van der Waals surface area contributed by atoms with Crippen LogP contribution in [0, 0.1) is 0 Å². The van der Waals surface area contributed by atoms with Gasteiger partial charge in [-0.2, -0.15) is 172 Å². The minimum atomic E-state index is 2.12. The van der Waals surface area contributed by atoms with E-state index in [1.165, 1.54) is 0 Å². The van der Waals surface area contributed by atoms with Gasteiger partial charge in [0, 0.05) is 0 Å². The molecule has 0 aromatic heterocycles. The molecule has 0 fully saturated rings. The van der Waals surface area contributed by atoms with Crippen LogP contribution in [0.15, 0.2) is 0 Å². The molecule has 0 rings (SSSR count). The van der Waals surface area contributed by atoms with E-state index in [2.05, 4.69) is 172 Å². The van der Waals surface area contributed by atoms with Gasteiger partial charge in [0.1, 0.15) is 0 Å². The van der Waals surface area contributed by atoms with Crippen molar-refractivity contribution in [3.05, 3.63) is 0 Å². The molecule has 200 valence electrons. The minimum Gasteiger partial charge on any atom is -0.257 e. The van der Waals surface area contributed by atoms with Crippen LogP contribution in [0.2, 0.25) is 0 Å². The Morgan fingerprint density at radius 2 is 0.242 bits per heavy atom. The van der Waals surface area contributed by atoms with E-state index in [4.69, 9.17) is 11.7 Å². The average molecular weight is 498 g/mol. The van der Waals surface area contributed by atoms with Crippen LogP contribution in [-0.4, -0.2) is 0 Å². The molecule has 35 N–H and O–H groups in total. The molecule has 0 bridgehead atoms. The monoisotopic (exact) mass is 497 g/mol. The molecule has 0 unspecified atom stereocenters. The van der Waals surface area contributed by atoms with Crippen molar-refractivity contribution >= 4 is 0 Å². The van der Waals surface area contributed by atoms with Crippen LogP contribution in [0.1, 0.15) is 0 Å². The normalized spacial score (nSPS) is 11.5. The van der Waals surface area contributed by atoms with Gasteiger partial charge in [0.2, 0.25) is 0 Å². The summed E-state index contributed by atoms with van der Waals surface area (Å²) < 4.78 is 0. The van der Waals surface area contributed by atoms with Crippen LogP contribution in [0.3, 0.4) is 0 Å². The Kier molecular flexibility index (Phi) is 29.5. The van der Waals surface area contributed by atoms with Crippen molar-refractivity contribution in [1.82, 2.24) is 172 Å². The number of nitrogens with two attached hydrogens (primary N) is 2. The van der Waals surface area contributed by atoms with Gasteiger partial charge < -0.3 is 0 Å². The summed E-state index contributed by atoms with van der Waals surface area (Å²) in [5.41, 5.74) is 75.7. The first-order valence-electron chi connectivity index (χ1n) is 8.08. The predicted molar refractivity (Wildman–Crippen MR) is 106 cm³/mol. The third-order valence-corrected chi connectivity index (χ3v) is 1.89. The Morgan fingerprint density at radius 1 is 0.152 bits per heavy atom. The van der Waals surface area contributed by atoms with Crippen LogP contribution in [-0.2, 0) is 0 Å². The first kappa shape index (κ1) is 31.7. The van der Waals surface area contributed by atoms with Gasteiger partial charge in [-0.05, 0) is 0 Å². The van der Waals surface area contributed by atoms with Crippen molar-refractivity contribution in [2.24, 2.45) is 11.7 Å². The highest BCUT2D eigenvalue weighted by atomic mass is 16.0. The molecule has 0 spiro atoms. The Morgan fingerprint density at radius 3 is 0.333 bits per heavy atom. The molecule has 0 aliphatic carbocycles. The molecule has 0 aromatic carbocycles. The maximum atomic E-state index is 4.92. The summed E-state index contributed by atoms with van der Waals surface area (Å²) in [6.45, 7) is 0. The van der Waals surface area contributed by atoms with Gasteiger partial charge in [-0.25, -0.2) is 0 Å². The Hall–Kier alpha value is -1.32. The second kappa shape index (κ2) is 30.7. The summed E-state index contributed by atoms with van der Waals surface area (Å²) in [6.07, 6.45) is 0. The van der Waals surface area contributed by atoms with Gasteiger partial charge in [-0.3, -0.25) is 11.7 Å². The zero-order valence-corrected chi connectivity index (χ0v) is 16.7. The van der Waals surface area contributed by atoms with Crippen LogP contribution >= 0.6 is 0 Å². The van der Waals surface area contributed by atoms with Gasteiger partial charge in [-0.1, -0.05) is 0 Å². The van der Waals surface area contributed by atoms with Crippen molar-refractivity contribution in [2.75, 3.05) is 0 Å². The molecule has 0 aromatic rings. The fourth-order valence-electron chi connectivity index (χ4n) is 0.916. The third kappa shape index (κ3) is 30.7. The largest absolute Gasteiger partial charge is 0.257 e. The molecule has 0 saturated carbocycles. The maximum absolute atomic E-state index is 4.92. The van der Waals surface area contributed by atoms with Crippen molar-refractivity contribution < 1.29 is 0 Å². The summed E-state index contributed by atoms with van der Waals surface area (Å²) in [5, 5.41) is 0. The fourth-order valence-corrected chi connectivity index (χ4v) is 0.916. The van der Waals surface area contributed by atoms with E-state index in [0.29, 0.717) is 0 Å². The molecule has 0 atom stereocenters. The van der Waals surface area contributed by atoms with Gasteiger partial charge in [0.15, 0.2) is 0 Å². The highest BCUT2D eigenvalue weighted by Gasteiger charge is 1.85. The third-order valence-electron chi connectivity index (χ3n) is 1.89. The molecule has 0 heterocycles. The highest BCUT2D eigenvalue weighted by Crippen LogP contribution is 1.31. The minimum absolute atomic E-state index is 2.12. The first-order valence-corrected chi connectivity index (χ1v) is 8.08. The van der Waals surface area contributed by atoms with Gasteiger partial charge in [0.05, 0.1) is 0 Å². The average Bonchev–Trinajstić information content (AvgIpc) is 2.83. The second-order valence-electron chi connectivity index (χ2n) is 3.91. The summed E-state index contributed by atoms with van der Waals surface area (Å²) in [5.74, 6) is 9.84. The number of hydrazine groups is 32. The Balaban J connectivity index is 2.99. The van der Waals surface area contributed by atoms with Crippen molar-refractivity contribution in [3.8, 4) is 0 Å². The van der Waals surface area contributed by atoms with Gasteiger partial charge in [-0.15, -0.1) is 0 Å². The summed E-state index contributed by atoms with van der Waals surface area (Å²) in [7, 11) is 0. The lowest BCUT2D eigenvalue weighted by molar-refractivity contribution is 0.183. The van der Waals surface area contributed by atoms with Crippen LogP contribution < -0.4 is 183 Å². The molecule has 0 saturated heterocycles. The number of hydrogen-bond donors (Lipinski definition) is 33. The van der Waals surface area contributed by atoms with Crippen LogP contribution in [0.25, 0.3) is 0 Å². The zero-order chi connectivity index (χ0) is 23.9. The second-order valence-corrected chi connectivity index (χ2v) is 3.91. The van der Waals surface area contributed by atoms with Crippen molar-refractivity contribution in [3.63, 3.8) is 0 Å². The molecule has 0 radical (unpaired) electrons. The topological polar surface area (TPSA) is 425 Å². The van der Waals surface area contributed by atoms with E-state index in [-0.39, 0.29) is 0 Å². The van der Waals surface area contributed by atoms with E-state index >= 15 is 0 Å². The maximum Gasteiger partial charge on any atom is -0.164 e. The molecule has 0 aliphatic rings. The van der Waals surface area contributed by atoms with E-state index in [1.54, 1.807) is 0 Å². The highest BCUT2D eigenvalue weighted by molar-refractivity contribution is 4.19. The van der Waals surface area contributed by atoms with Crippen LogP contribution in [0.5, 0.6) is 0 Å². The first-order chi connectivity index (χ1) is 16.4. The zero-order valence-electron chi connectivity index (χ0n) is 16.7. The fraction of sp³-hybridized carbons (Fsp3) is 0. The number of hydrogen-bond acceptors (Lipinski definition) is 33. The standard InChI is InChI=1S/H35N33/c1-3-5-7-9-11-13-15-17-19-21-23-25-27-29-31-33-32-30-28-26-24-22-20-18-16-14-12-10-8-6-4-2/h3-33H,1-2H2. The Bertz CT molecular complexity index is 277. The number of nitrogens with one attached hydrogen (secondary N) is 31. The predicted octanol–water partition coefficient (Wildman–Crippen LogP) is -16.5. The lowest BCUT2D eigenvalue weighted by Crippen LogP contribution is -2.70. The molecular weight excluding hydrogens is 462 g/mol. The van der Waals surface area contributed by atoms with Crippen molar-refractivity contribution in [2.45, 2.75) is 0 Å². The van der Waals surface area contributed by atoms with E-state index in [9.17, 15) is 0 Å². The van der Waals surface area contributed by atoms with E-state index < -0.39 is 0 Å². The molecule has 33 heavy (non-hydrogen) atoms. The Labute approximate surface area is 184 Å². The van der Waals surface area contributed by atoms with E-state index in [0.717, 1.165) is 0 Å². The lowest BCUT2D eigenvalue weighted by atomic mass is 12.0. The summed E-state index contributed by atoms with van der Waals surface area (Å²) in [6, 6.07) is 0. The molecule has 33 heteroatoms. The lowest BCUT2D eigenvalue weighted by Gasteiger charge is -2.15. The molecule has 33 nitrogen and oxygen atoms in total. The number of rotatable bonds is 30. The molecular formula is H35N33. The SMILES string of the molecule is NNNNNNNNNNNNNNNNNNNNNNNNNNNNNNNNN. The molecule has 0 amide bonds.